The summed E-state index contributed by atoms with van der Waals surface area (Å²) in [7, 11) is 0. The Morgan fingerprint density at radius 1 is 0.556 bits per heavy atom. The van der Waals surface area contributed by atoms with Crippen molar-refractivity contribution in [3.8, 4) is 0 Å². The summed E-state index contributed by atoms with van der Waals surface area (Å²) in [5, 5.41) is 0. The highest BCUT2D eigenvalue weighted by Gasteiger charge is 2.10. The normalized spacial score (nSPS) is 12.4. The van der Waals surface area contributed by atoms with Gasteiger partial charge in [0.2, 0.25) is 0 Å². The van der Waals surface area contributed by atoms with Crippen molar-refractivity contribution in [3.05, 3.63) is 18.7 Å². The van der Waals surface area contributed by atoms with Gasteiger partial charge in [-0.25, -0.2) is 4.98 Å². The summed E-state index contributed by atoms with van der Waals surface area (Å²) in [5.74, 6) is 0. The first-order chi connectivity index (χ1) is 17.9. The second-order valence-corrected chi connectivity index (χ2v) is 10.9. The highest BCUT2D eigenvalue weighted by Crippen LogP contribution is 2.16. The van der Waals surface area contributed by atoms with Crippen molar-refractivity contribution < 1.29 is 9.47 Å². The first-order valence-electron chi connectivity index (χ1n) is 16.0. The summed E-state index contributed by atoms with van der Waals surface area (Å²) >= 11 is 0. The van der Waals surface area contributed by atoms with Gasteiger partial charge in [0.05, 0.1) is 19.0 Å². The van der Waals surface area contributed by atoms with Gasteiger partial charge in [0.15, 0.2) is 0 Å². The van der Waals surface area contributed by atoms with E-state index in [9.17, 15) is 0 Å². The van der Waals surface area contributed by atoms with Gasteiger partial charge < -0.3 is 14.0 Å². The van der Waals surface area contributed by atoms with E-state index in [4.69, 9.17) is 9.47 Å². The number of ether oxygens (including phenoxy) is 2. The quantitative estimate of drug-likeness (QED) is 0.101. The number of hydrogen-bond acceptors (Lipinski definition) is 3. The Morgan fingerprint density at radius 3 is 1.47 bits per heavy atom. The highest BCUT2D eigenvalue weighted by molar-refractivity contribution is 4.80. The predicted molar refractivity (Wildman–Crippen MR) is 156 cm³/mol. The van der Waals surface area contributed by atoms with E-state index in [1.54, 1.807) is 0 Å². The van der Waals surface area contributed by atoms with Gasteiger partial charge in [-0.2, -0.15) is 0 Å². The molecule has 36 heavy (non-hydrogen) atoms. The maximum atomic E-state index is 6.07. The lowest BCUT2D eigenvalue weighted by Gasteiger charge is -2.18. The van der Waals surface area contributed by atoms with E-state index in [0.29, 0.717) is 6.04 Å². The Kier molecular flexibility index (Phi) is 25.0. The Hall–Kier alpha value is -0.870. The minimum absolute atomic E-state index is 0.372. The number of nitrogens with zero attached hydrogens (tertiary/aromatic N) is 2. The molecule has 0 fully saturated rings. The monoisotopic (exact) mass is 506 g/mol. The lowest BCUT2D eigenvalue weighted by molar-refractivity contribution is 0.0852. The molecule has 0 bridgehead atoms. The molecule has 0 saturated carbocycles. The molecule has 0 aliphatic rings. The molecule has 1 aromatic heterocycles. The van der Waals surface area contributed by atoms with Gasteiger partial charge in [0.25, 0.3) is 0 Å². The van der Waals surface area contributed by atoms with Gasteiger partial charge in [-0.15, -0.1) is 0 Å². The summed E-state index contributed by atoms with van der Waals surface area (Å²) in [5.41, 5.74) is 0. The molecule has 0 amide bonds. The largest absolute Gasteiger partial charge is 0.381 e. The fourth-order valence-electron chi connectivity index (χ4n) is 4.93. The van der Waals surface area contributed by atoms with E-state index in [0.717, 1.165) is 39.3 Å². The summed E-state index contributed by atoms with van der Waals surface area (Å²) in [4.78, 5) is 4.25. The number of imidazole rings is 1. The van der Waals surface area contributed by atoms with Crippen molar-refractivity contribution in [2.45, 2.75) is 161 Å². The third-order valence-electron chi connectivity index (χ3n) is 7.37. The zero-order chi connectivity index (χ0) is 25.8. The molecule has 0 unspecified atom stereocenters. The van der Waals surface area contributed by atoms with E-state index >= 15 is 0 Å². The predicted octanol–water partition coefficient (Wildman–Crippen LogP) is 10.1. The van der Waals surface area contributed by atoms with E-state index in [2.05, 4.69) is 29.6 Å². The summed E-state index contributed by atoms with van der Waals surface area (Å²) < 4.78 is 14.2. The molecule has 0 saturated heterocycles. The van der Waals surface area contributed by atoms with Crippen LogP contribution in [0.25, 0.3) is 0 Å². The standard InChI is InChI=1S/C32H62N2O2/c1-3-5-7-9-11-13-15-17-19-21-27-35-29-23-24-32(34-26-25-33-31-34)30-36-28-22-20-18-16-14-12-10-8-6-4-2/h25-26,31-32H,3-24,27-30H2,1-2H3/t32-/m0/s1. The maximum Gasteiger partial charge on any atom is 0.0949 e. The first-order valence-corrected chi connectivity index (χ1v) is 16.0. The Labute approximate surface area is 225 Å². The molecule has 0 spiro atoms. The lowest BCUT2D eigenvalue weighted by Crippen LogP contribution is -2.16. The fourth-order valence-corrected chi connectivity index (χ4v) is 4.93. The zero-order valence-corrected chi connectivity index (χ0v) is 24.4. The van der Waals surface area contributed by atoms with Crippen molar-refractivity contribution in [3.63, 3.8) is 0 Å². The zero-order valence-electron chi connectivity index (χ0n) is 24.4. The van der Waals surface area contributed by atoms with Gasteiger partial charge in [0, 0.05) is 32.2 Å². The summed E-state index contributed by atoms with van der Waals surface area (Å²) in [6.45, 7) is 8.02. The van der Waals surface area contributed by atoms with E-state index in [-0.39, 0.29) is 0 Å². The number of aromatic nitrogens is 2. The second kappa shape index (κ2) is 27.2. The number of hydrogen-bond donors (Lipinski definition) is 0. The molecule has 0 radical (unpaired) electrons. The van der Waals surface area contributed by atoms with Crippen molar-refractivity contribution >= 4 is 0 Å². The van der Waals surface area contributed by atoms with Gasteiger partial charge in [-0.05, 0) is 25.7 Å². The van der Waals surface area contributed by atoms with Crippen molar-refractivity contribution in [1.29, 1.82) is 0 Å². The molecule has 212 valence electrons. The third kappa shape index (κ3) is 21.2. The molecule has 1 rings (SSSR count). The molecule has 4 nitrogen and oxygen atoms in total. The van der Waals surface area contributed by atoms with Gasteiger partial charge in [0.1, 0.15) is 0 Å². The van der Waals surface area contributed by atoms with Crippen LogP contribution in [0, 0.1) is 0 Å². The van der Waals surface area contributed by atoms with Crippen LogP contribution in [0.1, 0.15) is 161 Å². The van der Waals surface area contributed by atoms with E-state index in [1.807, 2.05) is 12.5 Å². The molecule has 0 aliphatic carbocycles. The van der Waals surface area contributed by atoms with Crippen LogP contribution >= 0.6 is 0 Å². The maximum absolute atomic E-state index is 6.07. The number of unbranched alkanes of at least 4 members (excludes halogenated alkanes) is 18. The van der Waals surface area contributed by atoms with Crippen LogP contribution in [0.3, 0.4) is 0 Å². The molecule has 0 aliphatic heterocycles. The molecule has 1 atom stereocenters. The number of rotatable bonds is 29. The van der Waals surface area contributed by atoms with Gasteiger partial charge in [-0.3, -0.25) is 0 Å². The highest BCUT2D eigenvalue weighted by atomic mass is 16.5. The summed E-state index contributed by atoms with van der Waals surface area (Å²) in [6.07, 6.45) is 35.5. The molecule has 4 heteroatoms. The minimum atomic E-state index is 0.372. The van der Waals surface area contributed by atoms with Crippen LogP contribution in [-0.2, 0) is 9.47 Å². The molecule has 1 aromatic rings. The van der Waals surface area contributed by atoms with Crippen molar-refractivity contribution in [1.82, 2.24) is 9.55 Å². The SMILES string of the molecule is CCCCCCCCCCCCOCCC[C@@H](COCCCCCCCCCCCC)n1ccnc1. The average molecular weight is 507 g/mol. The summed E-state index contributed by atoms with van der Waals surface area (Å²) in [6, 6.07) is 0.372. The molecule has 0 aromatic carbocycles. The second-order valence-electron chi connectivity index (χ2n) is 10.9. The lowest BCUT2D eigenvalue weighted by atomic mass is 10.1. The molecule has 1 heterocycles. The van der Waals surface area contributed by atoms with E-state index < -0.39 is 0 Å². The third-order valence-corrected chi connectivity index (χ3v) is 7.37. The fraction of sp³-hybridized carbons (Fsp3) is 0.906. The minimum Gasteiger partial charge on any atom is -0.381 e. The first kappa shape index (κ1) is 33.2. The average Bonchev–Trinajstić information content (AvgIpc) is 3.43. The van der Waals surface area contributed by atoms with Crippen LogP contribution in [0.15, 0.2) is 18.7 Å². The van der Waals surface area contributed by atoms with Crippen LogP contribution in [0.4, 0.5) is 0 Å². The smallest absolute Gasteiger partial charge is 0.0949 e. The van der Waals surface area contributed by atoms with Gasteiger partial charge >= 0.3 is 0 Å². The van der Waals surface area contributed by atoms with Crippen molar-refractivity contribution in [2.24, 2.45) is 0 Å². The van der Waals surface area contributed by atoms with Crippen LogP contribution in [-0.4, -0.2) is 36.0 Å². The topological polar surface area (TPSA) is 36.3 Å². The van der Waals surface area contributed by atoms with Gasteiger partial charge in [-0.1, -0.05) is 129 Å². The Morgan fingerprint density at radius 2 is 1.00 bits per heavy atom. The van der Waals surface area contributed by atoms with Crippen molar-refractivity contribution in [2.75, 3.05) is 26.4 Å². The molecular formula is C32H62N2O2. The van der Waals surface area contributed by atoms with Crippen LogP contribution in [0.5, 0.6) is 0 Å². The van der Waals surface area contributed by atoms with Crippen LogP contribution < -0.4 is 0 Å². The van der Waals surface area contributed by atoms with Crippen LogP contribution in [0.2, 0.25) is 0 Å². The van der Waals surface area contributed by atoms with E-state index in [1.165, 1.54) is 128 Å². The molecule has 0 N–H and O–H groups in total. The Balaban J connectivity index is 1.95. The molecular weight excluding hydrogens is 444 g/mol. The Bertz CT molecular complexity index is 520.